The van der Waals surface area contributed by atoms with Gasteiger partial charge in [0.25, 0.3) is 5.92 Å². The molecule has 0 unspecified atom stereocenters. The van der Waals surface area contributed by atoms with Gasteiger partial charge in [-0.1, -0.05) is 30.3 Å². The Morgan fingerprint density at radius 2 is 1.74 bits per heavy atom. The summed E-state index contributed by atoms with van der Waals surface area (Å²) in [5, 5.41) is 0. The normalized spacial score (nSPS) is 22.9. The Kier molecular flexibility index (Phi) is 6.12. The van der Waals surface area contributed by atoms with Crippen LogP contribution in [0.4, 0.5) is 13.6 Å². The van der Waals surface area contributed by atoms with Gasteiger partial charge in [0.1, 0.15) is 17.5 Å². The average Bonchev–Trinajstić information content (AvgIpc) is 3.28. The maximum atomic E-state index is 14.1. The Bertz CT molecular complexity index is 1110. The molecule has 1 saturated heterocycles. The fraction of sp³-hybridized carbons (Fsp3) is 0.520. The Morgan fingerprint density at radius 3 is 2.31 bits per heavy atom. The third-order valence-electron chi connectivity index (χ3n) is 6.49. The molecule has 0 saturated carbocycles. The molecule has 0 radical (unpaired) electrons. The highest BCUT2D eigenvalue weighted by Crippen LogP contribution is 2.37. The summed E-state index contributed by atoms with van der Waals surface area (Å²) < 4.78 is 45.7. The molecule has 0 bridgehead atoms. The highest BCUT2D eigenvalue weighted by atomic mass is 19.3. The summed E-state index contributed by atoms with van der Waals surface area (Å²) in [4.78, 5) is 21.2. The van der Waals surface area contributed by atoms with E-state index in [0.717, 1.165) is 22.0 Å². The van der Waals surface area contributed by atoms with Crippen molar-refractivity contribution in [3.05, 3.63) is 48.4 Å². The first kappa shape index (κ1) is 25.4. The molecule has 3 heterocycles. The lowest BCUT2D eigenvalue weighted by molar-refractivity contribution is -0.0289. The first-order chi connectivity index (χ1) is 16.1. The number of hydrogen-bond acceptors (Lipinski definition) is 5. The zero-order valence-corrected chi connectivity index (χ0v) is 21.2. The van der Waals surface area contributed by atoms with E-state index in [9.17, 15) is 13.6 Å². The summed E-state index contributed by atoms with van der Waals surface area (Å²) in [5.74, 6) is -2.78. The molecule has 1 N–H and O–H groups in total. The van der Waals surface area contributed by atoms with Gasteiger partial charge in [-0.15, -0.1) is 0 Å². The number of amides is 1. The molecule has 1 amide bonds. The fourth-order valence-corrected chi connectivity index (χ4v) is 3.88. The van der Waals surface area contributed by atoms with Crippen molar-refractivity contribution in [2.24, 2.45) is 0 Å². The number of nitrogens with zero attached hydrogens (tertiary/aromatic N) is 2. The fourth-order valence-electron chi connectivity index (χ4n) is 3.88. The molecule has 1 fully saturated rings. The molecule has 7 nitrogen and oxygen atoms in total. The third kappa shape index (κ3) is 5.28. The number of H-pyrrole nitrogens is 1. The van der Waals surface area contributed by atoms with E-state index in [2.05, 4.69) is 9.97 Å². The number of nitrogens with one attached hydrogen (secondary N) is 1. The summed E-state index contributed by atoms with van der Waals surface area (Å²) in [7, 11) is -0.470. The summed E-state index contributed by atoms with van der Waals surface area (Å²) in [6.45, 7) is 12.3. The smallest absolute Gasteiger partial charge is 0.444 e. The molecular formula is C25H32BF2N3O4. The van der Waals surface area contributed by atoms with E-state index in [0.29, 0.717) is 11.5 Å². The lowest BCUT2D eigenvalue weighted by Gasteiger charge is -2.35. The number of ether oxygens (including phenoxy) is 1. The number of carbonyl (C=O) groups is 1. The Hall–Kier alpha value is -2.72. The van der Waals surface area contributed by atoms with Crippen LogP contribution < -0.4 is 5.46 Å². The SMILES string of the molecule is CC(C)(C)OC(=O)N1CC(F)(F)C=C[C@H]1c1ncc(-c2ccc(B3OC(C)(C)C(C)(C)O3)cc2)[nH]1. The summed E-state index contributed by atoms with van der Waals surface area (Å²) in [5.41, 5.74) is 0.748. The Labute approximate surface area is 205 Å². The lowest BCUT2D eigenvalue weighted by Crippen LogP contribution is -2.47. The highest BCUT2D eigenvalue weighted by molar-refractivity contribution is 6.62. The van der Waals surface area contributed by atoms with Crippen LogP contribution in [0.25, 0.3) is 11.3 Å². The maximum Gasteiger partial charge on any atom is 0.494 e. The van der Waals surface area contributed by atoms with Crippen molar-refractivity contribution in [3.63, 3.8) is 0 Å². The van der Waals surface area contributed by atoms with Crippen LogP contribution in [0.3, 0.4) is 0 Å². The van der Waals surface area contributed by atoms with E-state index in [1.807, 2.05) is 52.0 Å². The topological polar surface area (TPSA) is 76.7 Å². The van der Waals surface area contributed by atoms with Gasteiger partial charge in [0.05, 0.1) is 29.6 Å². The van der Waals surface area contributed by atoms with E-state index >= 15 is 0 Å². The van der Waals surface area contributed by atoms with Gasteiger partial charge in [0, 0.05) is 0 Å². The van der Waals surface area contributed by atoms with Crippen LogP contribution in [0.5, 0.6) is 0 Å². The van der Waals surface area contributed by atoms with Gasteiger partial charge in [0.2, 0.25) is 0 Å². The molecule has 2 aromatic rings. The molecule has 0 spiro atoms. The van der Waals surface area contributed by atoms with Crippen LogP contribution in [-0.2, 0) is 14.0 Å². The van der Waals surface area contributed by atoms with Gasteiger partial charge in [0.15, 0.2) is 0 Å². The second kappa shape index (κ2) is 8.45. The largest absolute Gasteiger partial charge is 0.494 e. The van der Waals surface area contributed by atoms with E-state index in [1.54, 1.807) is 27.0 Å². The van der Waals surface area contributed by atoms with Crippen molar-refractivity contribution in [2.75, 3.05) is 6.54 Å². The van der Waals surface area contributed by atoms with Gasteiger partial charge in [-0.05, 0) is 65.6 Å². The Balaban J connectivity index is 1.55. The predicted molar refractivity (Wildman–Crippen MR) is 130 cm³/mol. The monoisotopic (exact) mass is 487 g/mol. The second-order valence-corrected chi connectivity index (χ2v) is 11.1. The molecule has 35 heavy (non-hydrogen) atoms. The zero-order valence-electron chi connectivity index (χ0n) is 21.2. The predicted octanol–water partition coefficient (Wildman–Crippen LogP) is 4.86. The number of hydrogen-bond donors (Lipinski definition) is 1. The van der Waals surface area contributed by atoms with Crippen molar-refractivity contribution in [1.82, 2.24) is 14.9 Å². The molecule has 0 aliphatic carbocycles. The lowest BCUT2D eigenvalue weighted by atomic mass is 9.79. The van der Waals surface area contributed by atoms with Crippen LogP contribution >= 0.6 is 0 Å². The molecule has 10 heteroatoms. The molecule has 2 aliphatic rings. The number of alkyl halides is 2. The number of benzene rings is 1. The number of aromatic nitrogens is 2. The zero-order chi connectivity index (χ0) is 25.8. The van der Waals surface area contributed by atoms with E-state index in [1.165, 1.54) is 6.08 Å². The van der Waals surface area contributed by atoms with Crippen LogP contribution in [0.1, 0.15) is 60.3 Å². The highest BCUT2D eigenvalue weighted by Gasteiger charge is 2.51. The molecule has 1 aromatic carbocycles. The van der Waals surface area contributed by atoms with Crippen molar-refractivity contribution in [1.29, 1.82) is 0 Å². The second-order valence-electron chi connectivity index (χ2n) is 11.1. The number of imidazole rings is 1. The summed E-state index contributed by atoms with van der Waals surface area (Å²) in [6, 6.07) is 6.86. The maximum absolute atomic E-state index is 14.1. The van der Waals surface area contributed by atoms with E-state index < -0.39 is 48.5 Å². The number of rotatable bonds is 3. The molecule has 2 aliphatic heterocycles. The number of aromatic amines is 1. The number of halogens is 2. The standard InChI is InChI=1S/C25H32BF2N3O4/c1-22(2,3)33-21(32)31-15-25(27,28)13-12-19(31)20-29-14-18(30-20)16-8-10-17(11-9-16)26-34-23(4,5)24(6,7)35-26/h8-14,19H,15H2,1-7H3,(H,29,30)/t19-/m0/s1. The van der Waals surface area contributed by atoms with Crippen molar-refractivity contribution < 1.29 is 27.6 Å². The molecule has 4 rings (SSSR count). The van der Waals surface area contributed by atoms with Crippen molar-refractivity contribution in [3.8, 4) is 11.3 Å². The first-order valence-electron chi connectivity index (χ1n) is 11.6. The molecule has 1 atom stereocenters. The van der Waals surface area contributed by atoms with E-state index in [-0.39, 0.29) is 0 Å². The molecule has 1 aromatic heterocycles. The molecule has 188 valence electrons. The summed E-state index contributed by atoms with van der Waals surface area (Å²) in [6.07, 6.45) is 2.88. The van der Waals surface area contributed by atoms with Crippen LogP contribution in [-0.4, -0.2) is 57.3 Å². The Morgan fingerprint density at radius 1 is 1.14 bits per heavy atom. The van der Waals surface area contributed by atoms with Crippen LogP contribution in [0, 0.1) is 0 Å². The minimum Gasteiger partial charge on any atom is -0.444 e. The van der Waals surface area contributed by atoms with Crippen LogP contribution in [0.15, 0.2) is 42.6 Å². The summed E-state index contributed by atoms with van der Waals surface area (Å²) >= 11 is 0. The van der Waals surface area contributed by atoms with Gasteiger partial charge >= 0.3 is 13.2 Å². The van der Waals surface area contributed by atoms with Gasteiger partial charge in [-0.3, -0.25) is 4.90 Å². The minimum atomic E-state index is -3.15. The average molecular weight is 487 g/mol. The van der Waals surface area contributed by atoms with E-state index in [4.69, 9.17) is 14.0 Å². The minimum absolute atomic E-state index is 0.368. The van der Waals surface area contributed by atoms with Crippen molar-refractivity contribution in [2.45, 2.75) is 77.2 Å². The molecular weight excluding hydrogens is 455 g/mol. The van der Waals surface area contributed by atoms with Crippen LogP contribution in [0.2, 0.25) is 0 Å². The van der Waals surface area contributed by atoms with Gasteiger partial charge < -0.3 is 19.0 Å². The first-order valence-corrected chi connectivity index (χ1v) is 11.6. The van der Waals surface area contributed by atoms with Gasteiger partial charge in [-0.25, -0.2) is 18.6 Å². The third-order valence-corrected chi connectivity index (χ3v) is 6.49. The van der Waals surface area contributed by atoms with Crippen molar-refractivity contribution >= 4 is 18.7 Å². The van der Waals surface area contributed by atoms with Gasteiger partial charge in [-0.2, -0.15) is 0 Å². The number of carbonyl (C=O) groups excluding carboxylic acids is 1. The quantitative estimate of drug-likeness (QED) is 0.495.